The molecule has 1 saturated carbocycles. The third-order valence-electron chi connectivity index (χ3n) is 4.41. The minimum atomic E-state index is -0.528. The Balaban J connectivity index is 1.55. The first kappa shape index (κ1) is 19.3. The van der Waals surface area contributed by atoms with Crippen LogP contribution in [0.15, 0.2) is 42.5 Å². The number of carbonyl (C=O) groups excluding carboxylic acids is 2. The summed E-state index contributed by atoms with van der Waals surface area (Å²) in [5.41, 5.74) is 0.621. The van der Waals surface area contributed by atoms with Crippen LogP contribution >= 0.6 is 11.6 Å². The van der Waals surface area contributed by atoms with Crippen molar-refractivity contribution in [1.29, 1.82) is 0 Å². The van der Waals surface area contributed by atoms with Crippen LogP contribution in [0.2, 0.25) is 5.02 Å². The zero-order valence-corrected chi connectivity index (χ0v) is 15.3. The molecule has 1 aliphatic carbocycles. The van der Waals surface area contributed by atoms with Crippen LogP contribution in [0.25, 0.3) is 0 Å². The SMILES string of the molecule is O=C(NCCC(=O)N(Cc1ccccc1F)C1CC1)c1ccc(F)cc1Cl. The first-order valence-corrected chi connectivity index (χ1v) is 9.09. The van der Waals surface area contributed by atoms with E-state index in [0.29, 0.717) is 5.56 Å². The van der Waals surface area contributed by atoms with Crippen LogP contribution in [0.5, 0.6) is 0 Å². The maximum atomic E-state index is 13.9. The van der Waals surface area contributed by atoms with Gasteiger partial charge in [0, 0.05) is 31.1 Å². The van der Waals surface area contributed by atoms with Crippen molar-refractivity contribution in [3.05, 3.63) is 70.2 Å². The van der Waals surface area contributed by atoms with Crippen LogP contribution in [0.3, 0.4) is 0 Å². The summed E-state index contributed by atoms with van der Waals surface area (Å²) in [6.45, 7) is 0.333. The molecule has 0 radical (unpaired) electrons. The summed E-state index contributed by atoms with van der Waals surface area (Å²) in [5.74, 6) is -1.48. The summed E-state index contributed by atoms with van der Waals surface area (Å²) >= 11 is 5.86. The first-order chi connectivity index (χ1) is 13.0. The second kappa shape index (κ2) is 8.48. The lowest BCUT2D eigenvalue weighted by atomic mass is 10.2. The molecule has 0 aromatic heterocycles. The Kier molecular flexibility index (Phi) is 6.06. The Morgan fingerprint density at radius 1 is 1.15 bits per heavy atom. The molecule has 27 heavy (non-hydrogen) atoms. The zero-order chi connectivity index (χ0) is 19.4. The van der Waals surface area contributed by atoms with Gasteiger partial charge in [-0.1, -0.05) is 29.8 Å². The van der Waals surface area contributed by atoms with E-state index in [-0.39, 0.29) is 47.9 Å². The van der Waals surface area contributed by atoms with Gasteiger partial charge in [0.25, 0.3) is 5.91 Å². The van der Waals surface area contributed by atoms with Gasteiger partial charge in [-0.15, -0.1) is 0 Å². The standard InChI is InChI=1S/C20H19ClF2N2O2/c21-17-11-14(22)5-8-16(17)20(27)24-10-9-19(26)25(15-6-7-15)12-13-3-1-2-4-18(13)23/h1-5,8,11,15H,6-7,9-10,12H2,(H,24,27). The van der Waals surface area contributed by atoms with Gasteiger partial charge in [-0.05, 0) is 37.1 Å². The summed E-state index contributed by atoms with van der Waals surface area (Å²) in [4.78, 5) is 26.3. The predicted octanol–water partition coefficient (Wildman–Crippen LogP) is 3.93. The van der Waals surface area contributed by atoms with E-state index in [1.165, 1.54) is 12.1 Å². The Bertz CT molecular complexity index is 856. The van der Waals surface area contributed by atoms with Gasteiger partial charge in [-0.2, -0.15) is 0 Å². The molecule has 0 unspecified atom stereocenters. The number of benzene rings is 2. The van der Waals surface area contributed by atoms with Crippen LogP contribution < -0.4 is 5.32 Å². The molecule has 142 valence electrons. The molecule has 0 spiro atoms. The lowest BCUT2D eigenvalue weighted by Gasteiger charge is -2.23. The molecule has 7 heteroatoms. The second-order valence-corrected chi connectivity index (χ2v) is 6.88. The maximum Gasteiger partial charge on any atom is 0.252 e. The molecule has 0 bridgehead atoms. The number of carbonyl (C=O) groups is 2. The predicted molar refractivity (Wildman–Crippen MR) is 98.3 cm³/mol. The minimum Gasteiger partial charge on any atom is -0.351 e. The highest BCUT2D eigenvalue weighted by Crippen LogP contribution is 2.29. The highest BCUT2D eigenvalue weighted by atomic mass is 35.5. The van der Waals surface area contributed by atoms with Crippen LogP contribution in [0.4, 0.5) is 8.78 Å². The fourth-order valence-corrected chi connectivity index (χ4v) is 3.07. The second-order valence-electron chi connectivity index (χ2n) is 6.47. The van der Waals surface area contributed by atoms with Crippen LogP contribution in [-0.4, -0.2) is 29.3 Å². The van der Waals surface area contributed by atoms with E-state index in [2.05, 4.69) is 5.32 Å². The monoisotopic (exact) mass is 392 g/mol. The van der Waals surface area contributed by atoms with Gasteiger partial charge in [-0.3, -0.25) is 9.59 Å². The summed E-state index contributed by atoms with van der Waals surface area (Å²) in [6.07, 6.45) is 1.89. The number of hydrogen-bond donors (Lipinski definition) is 1. The average molecular weight is 393 g/mol. The Morgan fingerprint density at radius 2 is 1.89 bits per heavy atom. The Hall–Kier alpha value is -2.47. The molecule has 3 rings (SSSR count). The lowest BCUT2D eigenvalue weighted by Crippen LogP contribution is -2.36. The number of hydrogen-bond acceptors (Lipinski definition) is 2. The summed E-state index contributed by atoms with van der Waals surface area (Å²) in [6, 6.07) is 10.0. The summed E-state index contributed by atoms with van der Waals surface area (Å²) < 4.78 is 26.9. The molecule has 1 fully saturated rings. The zero-order valence-electron chi connectivity index (χ0n) is 14.6. The average Bonchev–Trinajstić information content (AvgIpc) is 3.45. The highest BCUT2D eigenvalue weighted by Gasteiger charge is 2.32. The fraction of sp³-hybridized carbons (Fsp3) is 0.300. The maximum absolute atomic E-state index is 13.9. The normalized spacial score (nSPS) is 13.3. The van der Waals surface area contributed by atoms with Gasteiger partial charge in [0.1, 0.15) is 11.6 Å². The Labute approximate surface area is 161 Å². The molecule has 0 saturated heterocycles. The Morgan fingerprint density at radius 3 is 2.56 bits per heavy atom. The van der Waals surface area contributed by atoms with Crippen molar-refractivity contribution in [2.75, 3.05) is 6.54 Å². The number of amides is 2. The van der Waals surface area contributed by atoms with E-state index in [1.807, 2.05) is 0 Å². The topological polar surface area (TPSA) is 49.4 Å². The fourth-order valence-electron chi connectivity index (χ4n) is 2.81. The largest absolute Gasteiger partial charge is 0.351 e. The third kappa shape index (κ3) is 5.04. The summed E-state index contributed by atoms with van der Waals surface area (Å²) in [5, 5.41) is 2.62. The van der Waals surface area contributed by atoms with Gasteiger partial charge < -0.3 is 10.2 Å². The van der Waals surface area contributed by atoms with Crippen molar-refractivity contribution in [3.8, 4) is 0 Å². The molecule has 2 aromatic rings. The van der Waals surface area contributed by atoms with E-state index in [9.17, 15) is 18.4 Å². The van der Waals surface area contributed by atoms with Gasteiger partial charge in [-0.25, -0.2) is 8.78 Å². The van der Waals surface area contributed by atoms with Gasteiger partial charge in [0.05, 0.1) is 10.6 Å². The van der Waals surface area contributed by atoms with Gasteiger partial charge >= 0.3 is 0 Å². The van der Waals surface area contributed by atoms with E-state index in [1.54, 1.807) is 23.1 Å². The number of rotatable bonds is 7. The molecule has 0 aliphatic heterocycles. The number of nitrogens with zero attached hydrogens (tertiary/aromatic N) is 1. The van der Waals surface area contributed by atoms with Crippen LogP contribution in [0.1, 0.15) is 35.2 Å². The van der Waals surface area contributed by atoms with Crippen LogP contribution in [-0.2, 0) is 11.3 Å². The van der Waals surface area contributed by atoms with E-state index in [4.69, 9.17) is 11.6 Å². The van der Waals surface area contributed by atoms with E-state index in [0.717, 1.165) is 25.0 Å². The molecular formula is C20H19ClF2N2O2. The van der Waals surface area contributed by atoms with E-state index >= 15 is 0 Å². The lowest BCUT2D eigenvalue weighted by molar-refractivity contribution is -0.132. The first-order valence-electron chi connectivity index (χ1n) is 8.72. The molecule has 4 nitrogen and oxygen atoms in total. The number of halogens is 3. The van der Waals surface area contributed by atoms with Crippen molar-refractivity contribution < 1.29 is 18.4 Å². The third-order valence-corrected chi connectivity index (χ3v) is 4.72. The van der Waals surface area contributed by atoms with Gasteiger partial charge in [0.15, 0.2) is 0 Å². The molecule has 0 heterocycles. The quantitative estimate of drug-likeness (QED) is 0.776. The van der Waals surface area contributed by atoms with Crippen molar-refractivity contribution in [2.45, 2.75) is 31.8 Å². The van der Waals surface area contributed by atoms with Crippen molar-refractivity contribution in [1.82, 2.24) is 10.2 Å². The van der Waals surface area contributed by atoms with Crippen LogP contribution in [0, 0.1) is 11.6 Å². The smallest absolute Gasteiger partial charge is 0.252 e. The molecule has 1 N–H and O–H groups in total. The van der Waals surface area contributed by atoms with Crippen molar-refractivity contribution >= 4 is 23.4 Å². The molecular weight excluding hydrogens is 374 g/mol. The molecule has 0 atom stereocenters. The molecule has 2 amide bonds. The molecule has 1 aliphatic rings. The van der Waals surface area contributed by atoms with Crippen molar-refractivity contribution in [2.24, 2.45) is 0 Å². The van der Waals surface area contributed by atoms with Crippen molar-refractivity contribution in [3.63, 3.8) is 0 Å². The van der Waals surface area contributed by atoms with Gasteiger partial charge in [0.2, 0.25) is 5.91 Å². The highest BCUT2D eigenvalue weighted by molar-refractivity contribution is 6.33. The van der Waals surface area contributed by atoms with E-state index < -0.39 is 11.7 Å². The molecule has 2 aromatic carbocycles. The summed E-state index contributed by atoms with van der Waals surface area (Å²) in [7, 11) is 0. The minimum absolute atomic E-state index is 0.0120. The number of nitrogens with one attached hydrogen (secondary N) is 1.